The van der Waals surface area contributed by atoms with Crippen LogP contribution in [0.2, 0.25) is 0 Å². The van der Waals surface area contributed by atoms with Crippen LogP contribution in [-0.2, 0) is 11.3 Å². The lowest BCUT2D eigenvalue weighted by molar-refractivity contribution is -0.384. The van der Waals surface area contributed by atoms with E-state index in [1.54, 1.807) is 0 Å². The normalized spacial score (nSPS) is 14.6. The highest BCUT2D eigenvalue weighted by Gasteiger charge is 2.14. The number of rotatable bonds is 8. The van der Waals surface area contributed by atoms with E-state index in [1.807, 2.05) is 0 Å². The van der Waals surface area contributed by atoms with Crippen molar-refractivity contribution in [2.24, 2.45) is 0 Å². The minimum absolute atomic E-state index is 0. The predicted molar refractivity (Wildman–Crippen MR) is 106 cm³/mol. The van der Waals surface area contributed by atoms with Gasteiger partial charge in [-0.05, 0) is 12.5 Å². The van der Waals surface area contributed by atoms with Crippen molar-refractivity contribution in [1.82, 2.24) is 20.1 Å². The van der Waals surface area contributed by atoms with Crippen LogP contribution in [0.1, 0.15) is 12.8 Å². The number of nitro benzene ring substituents is 1. The molecule has 0 unspecified atom stereocenters. The van der Waals surface area contributed by atoms with Gasteiger partial charge in [0.25, 0.3) is 5.69 Å². The summed E-state index contributed by atoms with van der Waals surface area (Å²) in [5, 5.41) is 17.0. The Hall–Kier alpha value is -2.43. The maximum Gasteiger partial charge on any atom is 0.419 e. The van der Waals surface area contributed by atoms with Crippen molar-refractivity contribution < 1.29 is 14.1 Å². The first-order valence-electron chi connectivity index (χ1n) is 9.02. The third-order valence-electron chi connectivity index (χ3n) is 4.61. The average Bonchev–Trinajstić information content (AvgIpc) is 2.97. The molecule has 0 atom stereocenters. The van der Waals surface area contributed by atoms with Crippen LogP contribution in [0.4, 0.5) is 5.69 Å². The molecule has 1 aromatic carbocycles. The summed E-state index contributed by atoms with van der Waals surface area (Å²) >= 11 is 0. The standard InChI is InChI=1S/C17H23N5O5.ClH/c23-16(19-7-11-20-9-5-18-6-10-20)2-1-8-21-14-4-3-13(22(25)26)12-15(14)27-17(21)24;/h3-4,12,18H,1-2,5-11H2,(H,19,23);1H. The number of fused-ring (bicyclic) bond motifs is 1. The average molecular weight is 414 g/mol. The van der Waals surface area contributed by atoms with Crippen molar-refractivity contribution in [1.29, 1.82) is 0 Å². The minimum Gasteiger partial charge on any atom is -0.407 e. The first-order chi connectivity index (χ1) is 13.0. The molecule has 2 aromatic rings. The molecule has 10 nitrogen and oxygen atoms in total. The first kappa shape index (κ1) is 21.9. The number of carbonyl (C=O) groups is 1. The number of non-ortho nitro benzene ring substituents is 1. The summed E-state index contributed by atoms with van der Waals surface area (Å²) in [6, 6.07) is 4.05. The maximum atomic E-state index is 12.0. The molecule has 28 heavy (non-hydrogen) atoms. The molecule has 0 bridgehead atoms. The van der Waals surface area contributed by atoms with Crippen molar-refractivity contribution in [2.75, 3.05) is 39.3 Å². The van der Waals surface area contributed by atoms with Crippen molar-refractivity contribution in [2.45, 2.75) is 19.4 Å². The van der Waals surface area contributed by atoms with E-state index in [1.165, 1.54) is 22.8 Å². The van der Waals surface area contributed by atoms with Gasteiger partial charge in [-0.3, -0.25) is 24.4 Å². The van der Waals surface area contributed by atoms with Crippen molar-refractivity contribution in [3.63, 3.8) is 0 Å². The van der Waals surface area contributed by atoms with Gasteiger partial charge in [0.05, 0.1) is 16.5 Å². The molecule has 0 aliphatic carbocycles. The predicted octanol–water partition coefficient (Wildman–Crippen LogP) is 0.726. The van der Waals surface area contributed by atoms with E-state index >= 15 is 0 Å². The highest BCUT2D eigenvalue weighted by molar-refractivity contribution is 5.85. The number of hydrogen-bond acceptors (Lipinski definition) is 7. The number of aromatic nitrogens is 1. The van der Waals surface area contributed by atoms with Crippen LogP contribution < -0.4 is 16.4 Å². The highest BCUT2D eigenvalue weighted by atomic mass is 35.5. The molecule has 2 N–H and O–H groups in total. The van der Waals surface area contributed by atoms with Crippen LogP contribution in [0.25, 0.3) is 11.1 Å². The number of oxazole rings is 1. The Labute approximate surface area is 167 Å². The third kappa shape index (κ3) is 5.54. The van der Waals surface area contributed by atoms with E-state index in [0.29, 0.717) is 31.4 Å². The van der Waals surface area contributed by atoms with Crippen LogP contribution in [0.3, 0.4) is 0 Å². The molecule has 0 saturated carbocycles. The number of hydrogen-bond donors (Lipinski definition) is 2. The lowest BCUT2D eigenvalue weighted by atomic mass is 10.2. The Balaban J connectivity index is 0.00000280. The van der Waals surface area contributed by atoms with Gasteiger partial charge in [-0.15, -0.1) is 12.4 Å². The SMILES string of the molecule is Cl.O=C(CCCn1c(=O)oc2cc([N+](=O)[O-])ccc21)NCCN1CCNCC1. The summed E-state index contributed by atoms with van der Waals surface area (Å²) in [5.41, 5.74) is 0.534. The number of amides is 1. The number of piperazine rings is 1. The van der Waals surface area contributed by atoms with E-state index < -0.39 is 10.7 Å². The smallest absolute Gasteiger partial charge is 0.407 e. The molecule has 1 saturated heterocycles. The molecular formula is C17H24ClN5O5. The van der Waals surface area contributed by atoms with Crippen molar-refractivity contribution >= 4 is 35.1 Å². The quantitative estimate of drug-likeness (QED) is 0.483. The van der Waals surface area contributed by atoms with Gasteiger partial charge < -0.3 is 15.1 Å². The molecule has 11 heteroatoms. The number of halogens is 1. The van der Waals surface area contributed by atoms with Crippen LogP contribution in [-0.4, -0.2) is 59.6 Å². The summed E-state index contributed by atoms with van der Waals surface area (Å²) < 4.78 is 6.47. The van der Waals surface area contributed by atoms with Crippen molar-refractivity contribution in [3.05, 3.63) is 38.9 Å². The molecule has 2 heterocycles. The lowest BCUT2D eigenvalue weighted by Gasteiger charge is -2.27. The molecular weight excluding hydrogens is 390 g/mol. The van der Waals surface area contributed by atoms with Crippen LogP contribution in [0.15, 0.2) is 27.4 Å². The number of nitro groups is 1. The third-order valence-corrected chi connectivity index (χ3v) is 4.61. The molecule has 1 aromatic heterocycles. The topological polar surface area (TPSA) is 123 Å². The van der Waals surface area contributed by atoms with Gasteiger partial charge in [0, 0.05) is 58.3 Å². The van der Waals surface area contributed by atoms with E-state index in [-0.39, 0.29) is 29.6 Å². The summed E-state index contributed by atoms with van der Waals surface area (Å²) in [5.74, 6) is -0.633. The van der Waals surface area contributed by atoms with E-state index in [9.17, 15) is 19.7 Å². The van der Waals surface area contributed by atoms with Gasteiger partial charge in [-0.1, -0.05) is 0 Å². The molecule has 1 aliphatic heterocycles. The van der Waals surface area contributed by atoms with Gasteiger partial charge in [0.1, 0.15) is 0 Å². The summed E-state index contributed by atoms with van der Waals surface area (Å²) in [6.45, 7) is 5.69. The Bertz CT molecular complexity index is 874. The van der Waals surface area contributed by atoms with Crippen LogP contribution in [0.5, 0.6) is 0 Å². The molecule has 0 spiro atoms. The molecule has 154 valence electrons. The van der Waals surface area contributed by atoms with Crippen molar-refractivity contribution in [3.8, 4) is 0 Å². The Morgan fingerprint density at radius 3 is 2.75 bits per heavy atom. The highest BCUT2D eigenvalue weighted by Crippen LogP contribution is 2.20. The first-order valence-corrected chi connectivity index (χ1v) is 9.02. The largest absolute Gasteiger partial charge is 0.419 e. The second kappa shape index (κ2) is 10.2. The van der Waals surface area contributed by atoms with Crippen LogP contribution in [0, 0.1) is 10.1 Å². The number of carbonyl (C=O) groups excluding carboxylic acids is 1. The minimum atomic E-state index is -0.579. The maximum absolute atomic E-state index is 12.0. The Morgan fingerprint density at radius 2 is 2.04 bits per heavy atom. The second-order valence-corrected chi connectivity index (χ2v) is 6.47. The van der Waals surface area contributed by atoms with E-state index in [2.05, 4.69) is 15.5 Å². The summed E-state index contributed by atoms with van der Waals surface area (Å²) in [6.07, 6.45) is 0.776. The fourth-order valence-corrected chi connectivity index (χ4v) is 3.15. The summed E-state index contributed by atoms with van der Waals surface area (Å²) in [7, 11) is 0. The fourth-order valence-electron chi connectivity index (χ4n) is 3.15. The Kier molecular flexibility index (Phi) is 7.97. The van der Waals surface area contributed by atoms with Gasteiger partial charge in [-0.2, -0.15) is 0 Å². The fraction of sp³-hybridized carbons (Fsp3) is 0.529. The second-order valence-electron chi connectivity index (χ2n) is 6.47. The zero-order valence-electron chi connectivity index (χ0n) is 15.4. The summed E-state index contributed by atoms with van der Waals surface area (Å²) in [4.78, 5) is 36.5. The zero-order valence-corrected chi connectivity index (χ0v) is 16.2. The zero-order chi connectivity index (χ0) is 19.2. The molecule has 3 rings (SSSR count). The van der Waals surface area contributed by atoms with Gasteiger partial charge in [0.2, 0.25) is 5.91 Å². The van der Waals surface area contributed by atoms with Gasteiger partial charge in [-0.25, -0.2) is 4.79 Å². The number of nitrogens with one attached hydrogen (secondary N) is 2. The van der Waals surface area contributed by atoms with Crippen LogP contribution >= 0.6 is 12.4 Å². The van der Waals surface area contributed by atoms with E-state index in [4.69, 9.17) is 4.42 Å². The number of benzene rings is 1. The molecule has 0 radical (unpaired) electrons. The van der Waals surface area contributed by atoms with Gasteiger partial charge in [0.15, 0.2) is 5.58 Å². The molecule has 1 amide bonds. The lowest BCUT2D eigenvalue weighted by Crippen LogP contribution is -2.46. The molecule has 1 aliphatic rings. The van der Waals surface area contributed by atoms with Gasteiger partial charge >= 0.3 is 5.76 Å². The molecule has 1 fully saturated rings. The number of aryl methyl sites for hydroxylation is 1. The Morgan fingerprint density at radius 1 is 1.29 bits per heavy atom. The van der Waals surface area contributed by atoms with E-state index in [0.717, 1.165) is 32.7 Å². The monoisotopic (exact) mass is 413 g/mol. The number of nitrogens with zero attached hydrogens (tertiary/aromatic N) is 3.